The second-order valence-electron chi connectivity index (χ2n) is 7.01. The highest BCUT2D eigenvalue weighted by molar-refractivity contribution is 5.98. The number of pyridine rings is 1. The van der Waals surface area contributed by atoms with Crippen LogP contribution in [0.25, 0.3) is 0 Å². The first-order valence-electron chi connectivity index (χ1n) is 9.34. The molecule has 1 aliphatic heterocycles. The Bertz CT molecular complexity index is 765. The third-order valence-electron chi connectivity index (χ3n) is 4.79. The summed E-state index contributed by atoms with van der Waals surface area (Å²) < 4.78 is 0. The second-order valence-corrected chi connectivity index (χ2v) is 7.01. The fourth-order valence-corrected chi connectivity index (χ4v) is 3.08. The van der Waals surface area contributed by atoms with Gasteiger partial charge in [0, 0.05) is 50.7 Å². The van der Waals surface area contributed by atoms with E-state index in [2.05, 4.69) is 56.5 Å². The van der Waals surface area contributed by atoms with Crippen molar-refractivity contribution in [1.29, 1.82) is 0 Å². The number of aryl methyl sites for hydroxylation is 1. The van der Waals surface area contributed by atoms with Gasteiger partial charge in [0.1, 0.15) is 0 Å². The smallest absolute Gasteiger partial charge is 0.254 e. The van der Waals surface area contributed by atoms with Crippen LogP contribution < -0.4 is 5.43 Å². The Balaban J connectivity index is 1.41. The molecule has 0 unspecified atom stereocenters. The van der Waals surface area contributed by atoms with E-state index >= 15 is 0 Å². The Morgan fingerprint density at radius 1 is 1.11 bits per heavy atom. The average molecular weight is 365 g/mol. The zero-order chi connectivity index (χ0) is 19.1. The fraction of sp³-hybridized carbons (Fsp3) is 0.381. The Kier molecular flexibility index (Phi) is 6.68. The minimum Gasteiger partial charge on any atom is -0.297 e. The fourth-order valence-electron chi connectivity index (χ4n) is 3.08. The van der Waals surface area contributed by atoms with Crippen molar-refractivity contribution >= 4 is 11.6 Å². The SMILES string of the molecule is C/C(=N\NC(=O)CN1CCN(Cc2ccc(C)cc2)CC1)c1cccnc1. The molecule has 0 radical (unpaired) electrons. The number of rotatable bonds is 6. The first kappa shape index (κ1) is 19.2. The van der Waals surface area contributed by atoms with Gasteiger partial charge in [0.05, 0.1) is 12.3 Å². The van der Waals surface area contributed by atoms with Crippen molar-refractivity contribution in [1.82, 2.24) is 20.2 Å². The van der Waals surface area contributed by atoms with E-state index in [0.29, 0.717) is 6.54 Å². The van der Waals surface area contributed by atoms with Crippen molar-refractivity contribution in [2.75, 3.05) is 32.7 Å². The zero-order valence-electron chi connectivity index (χ0n) is 16.1. The van der Waals surface area contributed by atoms with Gasteiger partial charge in [-0.2, -0.15) is 5.10 Å². The van der Waals surface area contributed by atoms with Crippen LogP contribution in [0.1, 0.15) is 23.6 Å². The van der Waals surface area contributed by atoms with Crippen molar-refractivity contribution in [2.24, 2.45) is 5.10 Å². The van der Waals surface area contributed by atoms with Crippen molar-refractivity contribution < 1.29 is 4.79 Å². The lowest BCUT2D eigenvalue weighted by Crippen LogP contribution is -2.48. The van der Waals surface area contributed by atoms with Crippen LogP contribution in [0.4, 0.5) is 0 Å². The second kappa shape index (κ2) is 9.39. The van der Waals surface area contributed by atoms with Gasteiger partial charge < -0.3 is 0 Å². The van der Waals surface area contributed by atoms with Gasteiger partial charge in [-0.3, -0.25) is 19.6 Å². The molecule has 27 heavy (non-hydrogen) atoms. The minimum atomic E-state index is -0.0785. The highest BCUT2D eigenvalue weighted by Crippen LogP contribution is 2.09. The Hall–Kier alpha value is -2.57. The maximum atomic E-state index is 12.2. The number of benzene rings is 1. The molecule has 1 fully saturated rings. The van der Waals surface area contributed by atoms with E-state index in [-0.39, 0.29) is 5.91 Å². The van der Waals surface area contributed by atoms with Crippen molar-refractivity contribution in [3.63, 3.8) is 0 Å². The molecule has 0 aliphatic carbocycles. The number of carbonyl (C=O) groups excluding carboxylic acids is 1. The van der Waals surface area contributed by atoms with E-state index in [0.717, 1.165) is 44.0 Å². The molecule has 1 aromatic heterocycles. The number of piperazine rings is 1. The number of nitrogens with one attached hydrogen (secondary N) is 1. The monoisotopic (exact) mass is 365 g/mol. The lowest BCUT2D eigenvalue weighted by atomic mass is 10.1. The molecule has 6 nitrogen and oxygen atoms in total. The van der Waals surface area contributed by atoms with Gasteiger partial charge in [0.15, 0.2) is 0 Å². The predicted octanol–water partition coefficient (Wildman–Crippen LogP) is 2.05. The first-order chi connectivity index (χ1) is 13.1. The standard InChI is InChI=1S/C21H27N5O/c1-17-5-7-19(8-6-17)15-25-10-12-26(13-11-25)16-21(27)24-23-18(2)20-4-3-9-22-14-20/h3-9,14H,10-13,15-16H2,1-2H3,(H,24,27)/b23-18+. The van der Waals surface area contributed by atoms with E-state index in [1.54, 1.807) is 12.4 Å². The molecule has 1 N–H and O–H groups in total. The lowest BCUT2D eigenvalue weighted by Gasteiger charge is -2.34. The number of hydrazone groups is 1. The van der Waals surface area contributed by atoms with Gasteiger partial charge in [-0.1, -0.05) is 35.9 Å². The van der Waals surface area contributed by atoms with Crippen molar-refractivity contribution in [3.05, 3.63) is 65.5 Å². The number of amides is 1. The van der Waals surface area contributed by atoms with Gasteiger partial charge in [-0.25, -0.2) is 5.43 Å². The molecule has 142 valence electrons. The summed E-state index contributed by atoms with van der Waals surface area (Å²) >= 11 is 0. The third kappa shape index (κ3) is 5.98. The molecule has 1 saturated heterocycles. The van der Waals surface area contributed by atoms with Crippen LogP contribution in [0.2, 0.25) is 0 Å². The van der Waals surface area contributed by atoms with Gasteiger partial charge in [-0.05, 0) is 25.5 Å². The number of carbonyl (C=O) groups is 1. The van der Waals surface area contributed by atoms with E-state index in [1.165, 1.54) is 11.1 Å². The van der Waals surface area contributed by atoms with Crippen LogP contribution in [-0.4, -0.2) is 59.1 Å². The van der Waals surface area contributed by atoms with Gasteiger partial charge in [-0.15, -0.1) is 0 Å². The van der Waals surface area contributed by atoms with Crippen LogP contribution in [-0.2, 0) is 11.3 Å². The summed E-state index contributed by atoms with van der Waals surface area (Å²) in [5, 5.41) is 4.18. The normalized spacial score (nSPS) is 16.3. The number of nitrogens with zero attached hydrogens (tertiary/aromatic N) is 4. The maximum Gasteiger partial charge on any atom is 0.254 e. The van der Waals surface area contributed by atoms with E-state index < -0.39 is 0 Å². The summed E-state index contributed by atoms with van der Waals surface area (Å²) in [5.74, 6) is -0.0785. The quantitative estimate of drug-likeness (QED) is 0.629. The number of hydrogen-bond donors (Lipinski definition) is 1. The van der Waals surface area contributed by atoms with Crippen molar-refractivity contribution in [2.45, 2.75) is 20.4 Å². The molecule has 0 spiro atoms. The van der Waals surface area contributed by atoms with Crippen LogP contribution in [0.15, 0.2) is 53.9 Å². The molecule has 6 heteroatoms. The molecule has 1 aromatic carbocycles. The minimum absolute atomic E-state index is 0.0785. The van der Waals surface area contributed by atoms with Crippen LogP contribution in [0.5, 0.6) is 0 Å². The highest BCUT2D eigenvalue weighted by atomic mass is 16.2. The molecule has 1 amide bonds. The summed E-state index contributed by atoms with van der Waals surface area (Å²) in [4.78, 5) is 20.8. The molecular weight excluding hydrogens is 338 g/mol. The molecule has 1 aliphatic rings. The average Bonchev–Trinajstić information content (AvgIpc) is 2.70. The highest BCUT2D eigenvalue weighted by Gasteiger charge is 2.18. The third-order valence-corrected chi connectivity index (χ3v) is 4.79. The summed E-state index contributed by atoms with van der Waals surface area (Å²) in [6.07, 6.45) is 3.45. The molecule has 0 saturated carbocycles. The lowest BCUT2D eigenvalue weighted by molar-refractivity contribution is -0.122. The van der Waals surface area contributed by atoms with Crippen LogP contribution in [0.3, 0.4) is 0 Å². The number of aromatic nitrogens is 1. The summed E-state index contributed by atoms with van der Waals surface area (Å²) in [5.41, 5.74) is 6.93. The predicted molar refractivity (Wildman–Crippen MR) is 107 cm³/mol. The largest absolute Gasteiger partial charge is 0.297 e. The van der Waals surface area contributed by atoms with E-state index in [1.807, 2.05) is 19.1 Å². The van der Waals surface area contributed by atoms with E-state index in [9.17, 15) is 4.79 Å². The first-order valence-corrected chi connectivity index (χ1v) is 9.34. The van der Waals surface area contributed by atoms with Crippen LogP contribution in [0, 0.1) is 6.92 Å². The van der Waals surface area contributed by atoms with Gasteiger partial charge in [0.25, 0.3) is 5.91 Å². The van der Waals surface area contributed by atoms with Crippen molar-refractivity contribution in [3.8, 4) is 0 Å². The molecule has 0 atom stereocenters. The molecule has 2 aromatic rings. The molecule has 2 heterocycles. The molecule has 0 bridgehead atoms. The number of hydrogen-bond acceptors (Lipinski definition) is 5. The Morgan fingerprint density at radius 3 is 2.48 bits per heavy atom. The van der Waals surface area contributed by atoms with Crippen LogP contribution >= 0.6 is 0 Å². The summed E-state index contributed by atoms with van der Waals surface area (Å²) in [6, 6.07) is 12.5. The maximum absolute atomic E-state index is 12.2. The summed E-state index contributed by atoms with van der Waals surface area (Å²) in [6.45, 7) is 9.04. The Labute approximate surface area is 160 Å². The topological polar surface area (TPSA) is 60.8 Å². The summed E-state index contributed by atoms with van der Waals surface area (Å²) in [7, 11) is 0. The van der Waals surface area contributed by atoms with E-state index in [4.69, 9.17) is 0 Å². The molecule has 3 rings (SSSR count). The van der Waals surface area contributed by atoms with Gasteiger partial charge in [0.2, 0.25) is 0 Å². The zero-order valence-corrected chi connectivity index (χ0v) is 16.1. The van der Waals surface area contributed by atoms with Gasteiger partial charge >= 0.3 is 0 Å². The molecular formula is C21H27N5O. The Morgan fingerprint density at radius 2 is 1.81 bits per heavy atom.